The van der Waals surface area contributed by atoms with Crippen LogP contribution >= 0.6 is 0 Å². The summed E-state index contributed by atoms with van der Waals surface area (Å²) in [6.07, 6.45) is 5.09. The SMILES string of the molecule is Cc1ccccc1/C=C1\c2ccccc2[C@H]2CC3OC(=O)[C@]12C=C3c1ccccc1C. The maximum atomic E-state index is 13.6. The van der Waals surface area contributed by atoms with E-state index in [4.69, 9.17) is 4.74 Å². The minimum absolute atomic E-state index is 0.109. The maximum absolute atomic E-state index is 13.6. The molecule has 2 aliphatic carbocycles. The first-order chi connectivity index (χ1) is 15.1. The monoisotopic (exact) mass is 404 g/mol. The molecule has 2 heteroatoms. The van der Waals surface area contributed by atoms with Gasteiger partial charge in [0.15, 0.2) is 0 Å². The number of hydrogen-bond acceptors (Lipinski definition) is 2. The average molecular weight is 405 g/mol. The quantitative estimate of drug-likeness (QED) is 0.466. The molecule has 4 aliphatic rings. The second-order valence-corrected chi connectivity index (χ2v) is 8.97. The van der Waals surface area contributed by atoms with Crippen LogP contribution in [-0.4, -0.2) is 12.1 Å². The summed E-state index contributed by atoms with van der Waals surface area (Å²) in [6.45, 7) is 4.25. The summed E-state index contributed by atoms with van der Waals surface area (Å²) >= 11 is 0. The van der Waals surface area contributed by atoms with Crippen molar-refractivity contribution < 1.29 is 9.53 Å². The van der Waals surface area contributed by atoms with Crippen LogP contribution in [0, 0.1) is 19.3 Å². The summed E-state index contributed by atoms with van der Waals surface area (Å²) < 4.78 is 6.09. The lowest BCUT2D eigenvalue weighted by molar-refractivity contribution is -0.161. The van der Waals surface area contributed by atoms with Crippen molar-refractivity contribution in [1.29, 1.82) is 0 Å². The van der Waals surface area contributed by atoms with Crippen LogP contribution in [0.4, 0.5) is 0 Å². The molecule has 0 amide bonds. The van der Waals surface area contributed by atoms with Gasteiger partial charge in [0, 0.05) is 5.92 Å². The third kappa shape index (κ3) is 2.48. The Morgan fingerprint density at radius 2 is 1.55 bits per heavy atom. The molecule has 152 valence electrons. The van der Waals surface area contributed by atoms with Crippen molar-refractivity contribution in [2.24, 2.45) is 5.41 Å². The van der Waals surface area contributed by atoms with E-state index in [-0.39, 0.29) is 18.0 Å². The molecule has 1 fully saturated rings. The summed E-state index contributed by atoms with van der Waals surface area (Å²) in [6, 6.07) is 25.3. The highest BCUT2D eigenvalue weighted by atomic mass is 16.5. The fourth-order valence-corrected chi connectivity index (χ4v) is 5.77. The van der Waals surface area contributed by atoms with Crippen LogP contribution in [0.1, 0.15) is 45.7 Å². The van der Waals surface area contributed by atoms with Crippen molar-refractivity contribution >= 4 is 23.2 Å². The van der Waals surface area contributed by atoms with Crippen molar-refractivity contribution in [3.8, 4) is 0 Å². The maximum Gasteiger partial charge on any atom is 0.321 e. The predicted molar refractivity (Wildman–Crippen MR) is 124 cm³/mol. The first kappa shape index (κ1) is 18.4. The van der Waals surface area contributed by atoms with Gasteiger partial charge in [-0.2, -0.15) is 0 Å². The molecule has 0 saturated carbocycles. The van der Waals surface area contributed by atoms with E-state index in [2.05, 4.69) is 98.8 Å². The molecule has 7 rings (SSSR count). The Morgan fingerprint density at radius 3 is 2.32 bits per heavy atom. The van der Waals surface area contributed by atoms with Gasteiger partial charge in [-0.25, -0.2) is 0 Å². The molecule has 2 nitrogen and oxygen atoms in total. The number of carbonyl (C=O) groups is 1. The molecule has 1 unspecified atom stereocenters. The number of aryl methyl sites for hydroxylation is 2. The molecular weight excluding hydrogens is 380 g/mol. The van der Waals surface area contributed by atoms with Gasteiger partial charge in [0.25, 0.3) is 0 Å². The molecule has 2 bridgehead atoms. The molecule has 2 aliphatic heterocycles. The molecule has 0 radical (unpaired) electrons. The van der Waals surface area contributed by atoms with E-state index in [9.17, 15) is 4.79 Å². The number of fused-ring (bicyclic) bond motifs is 2. The standard InChI is InChI=1S/C29H24O2/c1-18-9-3-5-11-20(18)15-25-22-13-7-8-14-23(22)26-16-27-24(17-29(25,26)28(30)31-27)21-12-6-4-10-19(21)2/h3-15,17,26-27H,16H2,1-2H3/b25-15+/t26-,27?,29-/m1/s1. The largest absolute Gasteiger partial charge is 0.457 e. The second kappa shape index (κ2) is 6.55. The Balaban J connectivity index is 1.64. The molecule has 1 saturated heterocycles. The van der Waals surface area contributed by atoms with Crippen LogP contribution in [0.15, 0.2) is 78.9 Å². The zero-order valence-electron chi connectivity index (χ0n) is 17.8. The highest BCUT2D eigenvalue weighted by Gasteiger charge is 2.62. The molecule has 2 heterocycles. The Morgan fingerprint density at radius 1 is 0.871 bits per heavy atom. The van der Waals surface area contributed by atoms with Gasteiger partial charge < -0.3 is 4.74 Å². The van der Waals surface area contributed by atoms with Crippen molar-refractivity contribution in [3.05, 3.63) is 112 Å². The molecule has 3 aromatic rings. The van der Waals surface area contributed by atoms with Gasteiger partial charge in [-0.05, 0) is 70.9 Å². The van der Waals surface area contributed by atoms with Gasteiger partial charge in [0.1, 0.15) is 11.5 Å². The van der Waals surface area contributed by atoms with Crippen molar-refractivity contribution in [2.75, 3.05) is 0 Å². The van der Waals surface area contributed by atoms with Crippen molar-refractivity contribution in [3.63, 3.8) is 0 Å². The van der Waals surface area contributed by atoms with Crippen LogP contribution in [-0.2, 0) is 9.53 Å². The Labute approximate surface area is 182 Å². The highest BCUT2D eigenvalue weighted by Crippen LogP contribution is 2.65. The van der Waals surface area contributed by atoms with Crippen molar-refractivity contribution in [2.45, 2.75) is 32.3 Å². The van der Waals surface area contributed by atoms with Gasteiger partial charge in [-0.1, -0.05) is 78.9 Å². The van der Waals surface area contributed by atoms with E-state index in [1.165, 1.54) is 27.8 Å². The number of ether oxygens (including phenoxy) is 1. The van der Waals surface area contributed by atoms with E-state index in [1.807, 2.05) is 0 Å². The number of esters is 1. The van der Waals surface area contributed by atoms with Crippen LogP contribution in [0.3, 0.4) is 0 Å². The van der Waals surface area contributed by atoms with Crippen LogP contribution in [0.2, 0.25) is 0 Å². The molecular formula is C29H24O2. The zero-order valence-corrected chi connectivity index (χ0v) is 17.8. The Hall–Kier alpha value is -3.39. The lowest BCUT2D eigenvalue weighted by Gasteiger charge is -2.46. The van der Waals surface area contributed by atoms with E-state index < -0.39 is 5.41 Å². The van der Waals surface area contributed by atoms with Crippen molar-refractivity contribution in [1.82, 2.24) is 0 Å². The van der Waals surface area contributed by atoms with Gasteiger partial charge >= 0.3 is 5.97 Å². The van der Waals surface area contributed by atoms with E-state index in [0.717, 1.165) is 23.1 Å². The van der Waals surface area contributed by atoms with E-state index in [1.54, 1.807) is 0 Å². The molecule has 3 aromatic carbocycles. The Kier molecular flexibility index (Phi) is 3.89. The smallest absolute Gasteiger partial charge is 0.321 e. The van der Waals surface area contributed by atoms with Gasteiger partial charge in [0.05, 0.1) is 0 Å². The average Bonchev–Trinajstić information content (AvgIpc) is 3.06. The summed E-state index contributed by atoms with van der Waals surface area (Å²) in [5, 5.41) is 0. The molecule has 3 atom stereocenters. The summed E-state index contributed by atoms with van der Waals surface area (Å²) in [5.74, 6) is 0.0140. The predicted octanol–water partition coefficient (Wildman–Crippen LogP) is 6.34. The third-order valence-corrected chi connectivity index (χ3v) is 7.33. The zero-order chi connectivity index (χ0) is 21.2. The number of carbonyl (C=O) groups excluding carboxylic acids is 1. The topological polar surface area (TPSA) is 26.3 Å². The summed E-state index contributed by atoms with van der Waals surface area (Å²) in [4.78, 5) is 13.6. The normalized spacial score (nSPS) is 27.0. The lowest BCUT2D eigenvalue weighted by Crippen LogP contribution is -2.48. The first-order valence-electron chi connectivity index (χ1n) is 11.0. The second-order valence-electron chi connectivity index (χ2n) is 8.97. The third-order valence-electron chi connectivity index (χ3n) is 7.33. The number of rotatable bonds is 2. The number of hydrogen-bond donors (Lipinski definition) is 0. The summed E-state index contributed by atoms with van der Waals surface area (Å²) in [7, 11) is 0. The van der Waals surface area contributed by atoms with Gasteiger partial charge in [0.2, 0.25) is 0 Å². The van der Waals surface area contributed by atoms with E-state index in [0.29, 0.717) is 0 Å². The summed E-state index contributed by atoms with van der Waals surface area (Å²) in [5.41, 5.74) is 8.64. The fraction of sp³-hybridized carbons (Fsp3) is 0.207. The van der Waals surface area contributed by atoms with E-state index >= 15 is 0 Å². The van der Waals surface area contributed by atoms with Crippen LogP contribution in [0.5, 0.6) is 0 Å². The van der Waals surface area contributed by atoms with Crippen LogP contribution < -0.4 is 0 Å². The van der Waals surface area contributed by atoms with Gasteiger partial charge in [-0.3, -0.25) is 4.79 Å². The molecule has 31 heavy (non-hydrogen) atoms. The Bertz CT molecular complexity index is 1300. The fourth-order valence-electron chi connectivity index (χ4n) is 5.77. The minimum atomic E-state index is -0.766. The number of benzene rings is 3. The van der Waals surface area contributed by atoms with Crippen LogP contribution in [0.25, 0.3) is 17.2 Å². The van der Waals surface area contributed by atoms with Gasteiger partial charge in [-0.15, -0.1) is 0 Å². The molecule has 0 aromatic heterocycles. The molecule has 1 spiro atoms. The highest BCUT2D eigenvalue weighted by molar-refractivity contribution is 6.09. The lowest BCUT2D eigenvalue weighted by atomic mass is 9.62. The molecule has 0 N–H and O–H groups in total. The minimum Gasteiger partial charge on any atom is -0.457 e. The first-order valence-corrected chi connectivity index (χ1v) is 11.0.